The topological polar surface area (TPSA) is 78.3 Å². The standard InChI is InChI=1S/C34H29FN4O3S/c1-23-30(32(40)42-21-25-12-6-3-7-13-25)31(26-16-18-28(19-17-26)41-20-24-10-4-2-5-11-24)39-33(36-23)37-34(38-39)43-22-27-14-8-9-15-29(27)35/h2-19,31H,20-22H2,1H3,(H,36,37,38). The van der Waals surface area contributed by atoms with Gasteiger partial charge in [0, 0.05) is 11.4 Å². The van der Waals surface area contributed by atoms with Crippen molar-refractivity contribution in [2.75, 3.05) is 5.32 Å². The van der Waals surface area contributed by atoms with E-state index in [1.54, 1.807) is 22.9 Å². The highest BCUT2D eigenvalue weighted by Gasteiger charge is 2.35. The largest absolute Gasteiger partial charge is 0.489 e. The normalized spacial score (nSPS) is 14.1. The number of hydrogen-bond donors (Lipinski definition) is 1. The summed E-state index contributed by atoms with van der Waals surface area (Å²) in [6.07, 6.45) is 0. The van der Waals surface area contributed by atoms with Crippen LogP contribution in [-0.4, -0.2) is 20.7 Å². The Hall–Kier alpha value is -4.89. The van der Waals surface area contributed by atoms with Crippen LogP contribution in [0.2, 0.25) is 0 Å². The van der Waals surface area contributed by atoms with Crippen LogP contribution >= 0.6 is 11.8 Å². The van der Waals surface area contributed by atoms with Crippen LogP contribution in [0.3, 0.4) is 0 Å². The van der Waals surface area contributed by atoms with Gasteiger partial charge in [-0.2, -0.15) is 4.98 Å². The van der Waals surface area contributed by atoms with Crippen molar-refractivity contribution in [1.29, 1.82) is 0 Å². The first-order valence-corrected chi connectivity index (χ1v) is 14.8. The number of ether oxygens (including phenoxy) is 2. The maximum absolute atomic E-state index is 14.2. The molecule has 0 bridgehead atoms. The molecular weight excluding hydrogens is 563 g/mol. The Morgan fingerprint density at radius 2 is 1.53 bits per heavy atom. The molecule has 1 unspecified atom stereocenters. The van der Waals surface area contributed by atoms with Gasteiger partial charge in [0.05, 0.1) is 5.57 Å². The van der Waals surface area contributed by atoms with Crippen molar-refractivity contribution in [1.82, 2.24) is 14.8 Å². The monoisotopic (exact) mass is 592 g/mol. The average molecular weight is 593 g/mol. The number of allylic oxidation sites excluding steroid dienone is 1. The smallest absolute Gasteiger partial charge is 0.338 e. The Labute approximate surface area is 253 Å². The van der Waals surface area contributed by atoms with Crippen LogP contribution in [0.1, 0.15) is 35.2 Å². The van der Waals surface area contributed by atoms with E-state index in [4.69, 9.17) is 14.6 Å². The van der Waals surface area contributed by atoms with Crippen LogP contribution in [0.25, 0.3) is 0 Å². The van der Waals surface area contributed by atoms with E-state index < -0.39 is 12.0 Å². The van der Waals surface area contributed by atoms with Crippen LogP contribution < -0.4 is 10.1 Å². The summed E-state index contributed by atoms with van der Waals surface area (Å²) < 4.78 is 27.7. The summed E-state index contributed by atoms with van der Waals surface area (Å²) in [7, 11) is 0. The van der Waals surface area contributed by atoms with Crippen LogP contribution in [-0.2, 0) is 28.5 Å². The van der Waals surface area contributed by atoms with Crippen molar-refractivity contribution >= 4 is 23.7 Å². The maximum atomic E-state index is 14.2. The fourth-order valence-corrected chi connectivity index (χ4v) is 5.63. The molecule has 216 valence electrons. The second-order valence-corrected chi connectivity index (χ2v) is 11.0. The second-order valence-electron chi connectivity index (χ2n) is 10.0. The summed E-state index contributed by atoms with van der Waals surface area (Å²) in [6.45, 7) is 2.41. The number of rotatable bonds is 10. The Bertz CT molecular complexity index is 1740. The van der Waals surface area contributed by atoms with Crippen molar-refractivity contribution in [2.45, 2.75) is 37.1 Å². The summed E-state index contributed by atoms with van der Waals surface area (Å²) in [5.74, 6) is 0.834. The van der Waals surface area contributed by atoms with E-state index >= 15 is 0 Å². The third-order valence-corrected chi connectivity index (χ3v) is 7.91. The zero-order chi connectivity index (χ0) is 29.6. The molecule has 0 saturated carbocycles. The van der Waals surface area contributed by atoms with Gasteiger partial charge in [0.15, 0.2) is 0 Å². The Morgan fingerprint density at radius 1 is 0.884 bits per heavy atom. The van der Waals surface area contributed by atoms with E-state index in [2.05, 4.69) is 10.3 Å². The molecule has 6 rings (SSSR count). The van der Waals surface area contributed by atoms with Gasteiger partial charge in [0.25, 0.3) is 0 Å². The minimum absolute atomic E-state index is 0.142. The molecule has 1 aromatic heterocycles. The van der Waals surface area contributed by atoms with Gasteiger partial charge in [-0.05, 0) is 47.4 Å². The molecule has 1 aliphatic rings. The number of esters is 1. The summed E-state index contributed by atoms with van der Waals surface area (Å²) in [6, 6.07) is 33.2. The Morgan fingerprint density at radius 3 is 2.23 bits per heavy atom. The molecule has 9 heteroatoms. The molecule has 0 fully saturated rings. The van der Waals surface area contributed by atoms with E-state index in [-0.39, 0.29) is 12.4 Å². The zero-order valence-corrected chi connectivity index (χ0v) is 24.3. The van der Waals surface area contributed by atoms with Crippen LogP contribution in [0.4, 0.5) is 10.3 Å². The number of thioether (sulfide) groups is 1. The van der Waals surface area contributed by atoms with Crippen molar-refractivity contribution in [2.24, 2.45) is 0 Å². The van der Waals surface area contributed by atoms with Crippen molar-refractivity contribution in [3.63, 3.8) is 0 Å². The van der Waals surface area contributed by atoms with Gasteiger partial charge in [-0.1, -0.05) is 103 Å². The highest BCUT2D eigenvalue weighted by atomic mass is 32.2. The molecule has 0 radical (unpaired) electrons. The van der Waals surface area contributed by atoms with E-state index in [0.717, 1.165) is 16.7 Å². The lowest BCUT2D eigenvalue weighted by molar-refractivity contribution is -0.140. The number of halogens is 1. The first-order valence-electron chi connectivity index (χ1n) is 13.8. The van der Waals surface area contributed by atoms with Gasteiger partial charge >= 0.3 is 5.97 Å². The van der Waals surface area contributed by atoms with Gasteiger partial charge in [-0.3, -0.25) is 0 Å². The van der Waals surface area contributed by atoms with Gasteiger partial charge in [0.2, 0.25) is 11.1 Å². The van der Waals surface area contributed by atoms with Crippen LogP contribution in [0.5, 0.6) is 5.75 Å². The molecule has 2 heterocycles. The lowest BCUT2D eigenvalue weighted by Crippen LogP contribution is -2.29. The molecule has 1 aliphatic heterocycles. The summed E-state index contributed by atoms with van der Waals surface area (Å²) >= 11 is 1.33. The van der Waals surface area contributed by atoms with Crippen molar-refractivity contribution in [3.8, 4) is 5.75 Å². The SMILES string of the molecule is CC1=C(C(=O)OCc2ccccc2)C(c2ccc(OCc3ccccc3)cc2)n2nc(SCc3ccccc3F)nc2N1. The van der Waals surface area contributed by atoms with Gasteiger partial charge in [0.1, 0.15) is 30.8 Å². The molecule has 0 amide bonds. The number of carbonyl (C=O) groups is 1. The number of benzene rings is 4. The fourth-order valence-electron chi connectivity index (χ4n) is 4.81. The predicted octanol–water partition coefficient (Wildman–Crippen LogP) is 7.32. The Kier molecular flexibility index (Phi) is 8.51. The van der Waals surface area contributed by atoms with Gasteiger partial charge in [-0.15, -0.1) is 5.10 Å². The third kappa shape index (κ3) is 6.62. The molecule has 0 aliphatic carbocycles. The van der Waals surface area contributed by atoms with Crippen LogP contribution in [0, 0.1) is 5.82 Å². The molecule has 5 aromatic rings. The first kappa shape index (κ1) is 28.2. The van der Waals surface area contributed by atoms with E-state index in [9.17, 15) is 9.18 Å². The summed E-state index contributed by atoms with van der Waals surface area (Å²) in [5.41, 5.74) is 4.39. The number of nitrogens with one attached hydrogen (secondary N) is 1. The molecule has 4 aromatic carbocycles. The number of anilines is 1. The highest BCUT2D eigenvalue weighted by molar-refractivity contribution is 7.98. The summed E-state index contributed by atoms with van der Waals surface area (Å²) in [5, 5.41) is 8.44. The number of carbonyl (C=O) groups excluding carboxylic acids is 1. The quantitative estimate of drug-likeness (QED) is 0.134. The zero-order valence-electron chi connectivity index (χ0n) is 23.4. The number of aromatic nitrogens is 3. The molecule has 0 spiro atoms. The maximum Gasteiger partial charge on any atom is 0.338 e. The molecule has 1 atom stereocenters. The minimum Gasteiger partial charge on any atom is -0.489 e. The average Bonchev–Trinajstić information content (AvgIpc) is 3.45. The number of fused-ring (bicyclic) bond motifs is 1. The fraction of sp³-hybridized carbons (Fsp3) is 0.147. The second kappa shape index (κ2) is 13.0. The number of hydrogen-bond acceptors (Lipinski definition) is 7. The van der Waals surface area contributed by atoms with E-state index in [1.165, 1.54) is 17.8 Å². The number of nitrogens with zero attached hydrogens (tertiary/aromatic N) is 3. The minimum atomic E-state index is -0.599. The molecule has 1 N–H and O–H groups in total. The lowest BCUT2D eigenvalue weighted by atomic mass is 9.95. The van der Waals surface area contributed by atoms with Gasteiger partial charge < -0.3 is 14.8 Å². The summed E-state index contributed by atoms with van der Waals surface area (Å²) in [4.78, 5) is 18.3. The van der Waals surface area contributed by atoms with Gasteiger partial charge in [-0.25, -0.2) is 13.9 Å². The molecule has 0 saturated heterocycles. The molecular formula is C34H29FN4O3S. The van der Waals surface area contributed by atoms with E-state index in [1.807, 2.05) is 91.9 Å². The lowest BCUT2D eigenvalue weighted by Gasteiger charge is -2.28. The molecule has 43 heavy (non-hydrogen) atoms. The van der Waals surface area contributed by atoms with E-state index in [0.29, 0.717) is 46.0 Å². The Balaban J connectivity index is 1.27. The third-order valence-electron chi connectivity index (χ3n) is 7.02. The highest BCUT2D eigenvalue weighted by Crippen LogP contribution is 2.38. The van der Waals surface area contributed by atoms with Crippen molar-refractivity contribution < 1.29 is 18.7 Å². The predicted molar refractivity (Wildman–Crippen MR) is 164 cm³/mol. The first-order chi connectivity index (χ1) is 21.0. The van der Waals surface area contributed by atoms with Crippen LogP contribution in [0.15, 0.2) is 126 Å². The van der Waals surface area contributed by atoms with Crippen molar-refractivity contribution in [3.05, 3.63) is 149 Å². The molecule has 7 nitrogen and oxygen atoms in total.